The monoisotopic (exact) mass is 285 g/mol. The first-order valence-corrected chi connectivity index (χ1v) is 6.90. The summed E-state index contributed by atoms with van der Waals surface area (Å²) < 4.78 is 13.3. The van der Waals surface area contributed by atoms with E-state index >= 15 is 0 Å². The number of nitrogens with two attached hydrogens (primary N) is 1. The van der Waals surface area contributed by atoms with E-state index in [1.54, 1.807) is 35.9 Å². The maximum atomic E-state index is 13.3. The van der Waals surface area contributed by atoms with Gasteiger partial charge in [-0.25, -0.2) is 9.37 Å². The molecule has 1 aromatic carbocycles. The van der Waals surface area contributed by atoms with Gasteiger partial charge in [0.25, 0.3) is 0 Å². The topological polar surface area (TPSA) is 51.8 Å². The predicted molar refractivity (Wildman–Crippen MR) is 79.9 cm³/mol. The van der Waals surface area contributed by atoms with E-state index in [-0.39, 0.29) is 5.69 Å². The van der Waals surface area contributed by atoms with E-state index in [2.05, 4.69) is 9.97 Å². The SMILES string of the molecule is Cc1nc(-c2ccncc2)c(-c2ccc(F)c(N)c2)s1. The third-order valence-corrected chi connectivity index (χ3v) is 3.97. The standard InChI is InChI=1S/C15H12FN3S/c1-9-19-14(10-4-6-18-7-5-10)15(20-9)11-2-3-12(16)13(17)8-11/h2-8H,17H2,1H3. The first kappa shape index (κ1) is 12.7. The highest BCUT2D eigenvalue weighted by Crippen LogP contribution is 2.37. The quantitative estimate of drug-likeness (QED) is 0.726. The predicted octanol–water partition coefficient (Wildman–Crippen LogP) is 3.90. The summed E-state index contributed by atoms with van der Waals surface area (Å²) in [7, 11) is 0. The smallest absolute Gasteiger partial charge is 0.146 e. The van der Waals surface area contributed by atoms with Crippen molar-refractivity contribution >= 4 is 17.0 Å². The molecule has 0 radical (unpaired) electrons. The molecule has 0 spiro atoms. The van der Waals surface area contributed by atoms with Gasteiger partial charge >= 0.3 is 0 Å². The molecule has 20 heavy (non-hydrogen) atoms. The zero-order valence-corrected chi connectivity index (χ0v) is 11.6. The first-order chi connectivity index (χ1) is 9.65. The molecular formula is C15H12FN3S. The van der Waals surface area contributed by atoms with Gasteiger partial charge in [-0.3, -0.25) is 4.98 Å². The minimum Gasteiger partial charge on any atom is -0.396 e. The molecule has 0 aliphatic carbocycles. The zero-order valence-electron chi connectivity index (χ0n) is 10.8. The van der Waals surface area contributed by atoms with Crippen LogP contribution in [0.2, 0.25) is 0 Å². The van der Waals surface area contributed by atoms with Crippen LogP contribution >= 0.6 is 11.3 Å². The van der Waals surface area contributed by atoms with Crippen LogP contribution in [-0.2, 0) is 0 Å². The van der Waals surface area contributed by atoms with Crippen LogP contribution in [-0.4, -0.2) is 9.97 Å². The number of aromatic nitrogens is 2. The number of aryl methyl sites for hydroxylation is 1. The van der Waals surface area contributed by atoms with E-state index in [1.807, 2.05) is 19.1 Å². The second-order valence-corrected chi connectivity index (χ2v) is 5.59. The number of halogens is 1. The van der Waals surface area contributed by atoms with E-state index in [0.717, 1.165) is 26.7 Å². The third kappa shape index (κ3) is 2.28. The van der Waals surface area contributed by atoms with E-state index < -0.39 is 5.82 Å². The number of hydrogen-bond donors (Lipinski definition) is 1. The maximum Gasteiger partial charge on any atom is 0.146 e. The van der Waals surface area contributed by atoms with Gasteiger partial charge in [0.05, 0.1) is 21.3 Å². The highest BCUT2D eigenvalue weighted by atomic mass is 32.1. The summed E-state index contributed by atoms with van der Waals surface area (Å²) in [5, 5.41) is 0.953. The molecule has 2 N–H and O–H groups in total. The summed E-state index contributed by atoms with van der Waals surface area (Å²) in [4.78, 5) is 9.56. The van der Waals surface area contributed by atoms with E-state index in [1.165, 1.54) is 6.07 Å². The normalized spacial score (nSPS) is 10.7. The van der Waals surface area contributed by atoms with Crippen molar-refractivity contribution in [3.63, 3.8) is 0 Å². The van der Waals surface area contributed by atoms with Gasteiger partial charge in [-0.15, -0.1) is 11.3 Å². The minimum atomic E-state index is -0.402. The number of hydrogen-bond acceptors (Lipinski definition) is 4. The van der Waals surface area contributed by atoms with Crippen LogP contribution in [0.15, 0.2) is 42.7 Å². The number of anilines is 1. The van der Waals surface area contributed by atoms with Crippen molar-refractivity contribution in [1.82, 2.24) is 9.97 Å². The van der Waals surface area contributed by atoms with Crippen molar-refractivity contribution in [2.24, 2.45) is 0 Å². The maximum absolute atomic E-state index is 13.3. The van der Waals surface area contributed by atoms with Crippen molar-refractivity contribution < 1.29 is 4.39 Å². The number of nitrogen functional groups attached to an aromatic ring is 1. The molecule has 0 aliphatic rings. The zero-order chi connectivity index (χ0) is 14.1. The fourth-order valence-electron chi connectivity index (χ4n) is 2.01. The van der Waals surface area contributed by atoms with Gasteiger partial charge in [0.15, 0.2) is 0 Å². The van der Waals surface area contributed by atoms with E-state index in [4.69, 9.17) is 5.73 Å². The Bertz CT molecular complexity index is 753. The highest BCUT2D eigenvalue weighted by Gasteiger charge is 2.14. The summed E-state index contributed by atoms with van der Waals surface area (Å²) in [6.45, 7) is 1.95. The number of rotatable bonds is 2. The van der Waals surface area contributed by atoms with Gasteiger partial charge < -0.3 is 5.73 Å². The Morgan fingerprint density at radius 2 is 1.85 bits per heavy atom. The second kappa shape index (κ2) is 5.02. The Balaban J connectivity index is 2.17. The Morgan fingerprint density at radius 3 is 2.55 bits per heavy atom. The van der Waals surface area contributed by atoms with E-state index in [0.29, 0.717) is 0 Å². The van der Waals surface area contributed by atoms with Crippen molar-refractivity contribution in [2.75, 3.05) is 5.73 Å². The summed E-state index contributed by atoms with van der Waals surface area (Å²) in [5.41, 5.74) is 8.54. The van der Waals surface area contributed by atoms with Crippen LogP contribution in [0.25, 0.3) is 21.7 Å². The fourth-order valence-corrected chi connectivity index (χ4v) is 2.95. The molecule has 2 heterocycles. The Hall–Kier alpha value is -2.27. The molecule has 0 saturated carbocycles. The molecule has 100 valence electrons. The van der Waals surface area contributed by atoms with Gasteiger partial charge in [-0.2, -0.15) is 0 Å². The summed E-state index contributed by atoms with van der Waals surface area (Å²) in [6, 6.07) is 8.57. The molecule has 0 atom stereocenters. The first-order valence-electron chi connectivity index (χ1n) is 6.08. The van der Waals surface area contributed by atoms with Crippen molar-refractivity contribution in [3.05, 3.63) is 53.6 Å². The molecular weight excluding hydrogens is 273 g/mol. The average molecular weight is 285 g/mol. The lowest BCUT2D eigenvalue weighted by atomic mass is 10.1. The molecule has 2 aromatic heterocycles. The van der Waals surface area contributed by atoms with Gasteiger partial charge in [-0.05, 0) is 36.8 Å². The molecule has 0 aliphatic heterocycles. The van der Waals surface area contributed by atoms with Crippen molar-refractivity contribution in [2.45, 2.75) is 6.92 Å². The number of pyridine rings is 1. The highest BCUT2D eigenvalue weighted by molar-refractivity contribution is 7.15. The molecule has 0 amide bonds. The van der Waals surface area contributed by atoms with Gasteiger partial charge in [0.1, 0.15) is 5.82 Å². The van der Waals surface area contributed by atoms with Crippen LogP contribution in [0.1, 0.15) is 5.01 Å². The minimum absolute atomic E-state index is 0.147. The Labute approximate surface area is 119 Å². The molecule has 3 aromatic rings. The van der Waals surface area contributed by atoms with E-state index in [9.17, 15) is 4.39 Å². The van der Waals surface area contributed by atoms with Gasteiger partial charge in [-0.1, -0.05) is 6.07 Å². The fraction of sp³-hybridized carbons (Fsp3) is 0.0667. The largest absolute Gasteiger partial charge is 0.396 e. The average Bonchev–Trinajstić information content (AvgIpc) is 2.85. The van der Waals surface area contributed by atoms with Crippen LogP contribution in [0.5, 0.6) is 0 Å². The number of benzene rings is 1. The van der Waals surface area contributed by atoms with Crippen LogP contribution in [0.3, 0.4) is 0 Å². The number of nitrogens with zero attached hydrogens (tertiary/aromatic N) is 2. The van der Waals surface area contributed by atoms with Crippen LogP contribution < -0.4 is 5.73 Å². The number of thiazole rings is 1. The van der Waals surface area contributed by atoms with Crippen LogP contribution in [0, 0.1) is 12.7 Å². The van der Waals surface area contributed by atoms with Crippen molar-refractivity contribution in [1.29, 1.82) is 0 Å². The second-order valence-electron chi connectivity index (χ2n) is 4.38. The molecule has 5 heteroatoms. The molecule has 0 bridgehead atoms. The molecule has 3 rings (SSSR count). The lowest BCUT2D eigenvalue weighted by Gasteiger charge is -2.04. The van der Waals surface area contributed by atoms with Crippen molar-refractivity contribution in [3.8, 4) is 21.7 Å². The lowest BCUT2D eigenvalue weighted by molar-refractivity contribution is 0.633. The Morgan fingerprint density at radius 1 is 1.10 bits per heavy atom. The molecule has 0 saturated heterocycles. The summed E-state index contributed by atoms with van der Waals surface area (Å²) in [5.74, 6) is -0.402. The Kier molecular flexibility index (Phi) is 3.20. The molecule has 3 nitrogen and oxygen atoms in total. The molecule has 0 fully saturated rings. The lowest BCUT2D eigenvalue weighted by Crippen LogP contribution is -1.91. The summed E-state index contributed by atoms with van der Waals surface area (Å²) in [6.07, 6.45) is 3.46. The summed E-state index contributed by atoms with van der Waals surface area (Å²) >= 11 is 1.57. The molecule has 0 unspecified atom stereocenters. The van der Waals surface area contributed by atoms with Gasteiger partial charge in [0.2, 0.25) is 0 Å². The van der Waals surface area contributed by atoms with Crippen LogP contribution in [0.4, 0.5) is 10.1 Å². The third-order valence-electron chi connectivity index (χ3n) is 2.95. The van der Waals surface area contributed by atoms with Gasteiger partial charge in [0, 0.05) is 18.0 Å².